The molecule has 1 saturated carbocycles. The van der Waals surface area contributed by atoms with Crippen LogP contribution in [0.25, 0.3) is 0 Å². The van der Waals surface area contributed by atoms with Gasteiger partial charge in [0.1, 0.15) is 0 Å². The van der Waals surface area contributed by atoms with Crippen molar-refractivity contribution in [2.75, 3.05) is 0 Å². The van der Waals surface area contributed by atoms with Crippen LogP contribution in [0.5, 0.6) is 0 Å². The molecule has 4 N–H and O–H groups in total. The van der Waals surface area contributed by atoms with E-state index in [0.29, 0.717) is 12.8 Å². The summed E-state index contributed by atoms with van der Waals surface area (Å²) in [7, 11) is 0. The second-order valence-corrected chi connectivity index (χ2v) is 7.03. The van der Waals surface area contributed by atoms with E-state index in [9.17, 15) is 20.1 Å². The number of allylic oxidation sites excluding steroid dienone is 6. The van der Waals surface area contributed by atoms with Gasteiger partial charge in [-0.05, 0) is 38.0 Å². The first-order chi connectivity index (χ1) is 13.0. The fourth-order valence-electron chi connectivity index (χ4n) is 3.29. The first-order valence-electron chi connectivity index (χ1n) is 9.85. The van der Waals surface area contributed by atoms with Crippen molar-refractivity contribution in [3.8, 4) is 0 Å². The van der Waals surface area contributed by atoms with E-state index in [1.165, 1.54) is 6.08 Å². The van der Waals surface area contributed by atoms with Crippen LogP contribution in [0.3, 0.4) is 0 Å². The van der Waals surface area contributed by atoms with Crippen LogP contribution in [0.2, 0.25) is 0 Å². The minimum absolute atomic E-state index is 0.101. The summed E-state index contributed by atoms with van der Waals surface area (Å²) in [5.41, 5.74) is 0. The van der Waals surface area contributed by atoms with Gasteiger partial charge in [0.25, 0.3) is 0 Å². The summed E-state index contributed by atoms with van der Waals surface area (Å²) < 4.78 is 0. The van der Waals surface area contributed by atoms with Gasteiger partial charge in [0.15, 0.2) is 0 Å². The maximum Gasteiger partial charge on any atom is 0.303 e. The lowest BCUT2D eigenvalue weighted by Gasteiger charge is -2.19. The van der Waals surface area contributed by atoms with Gasteiger partial charge in [0.2, 0.25) is 0 Å². The van der Waals surface area contributed by atoms with Crippen molar-refractivity contribution in [1.82, 2.24) is 0 Å². The highest BCUT2D eigenvalue weighted by Gasteiger charge is 2.39. The fraction of sp³-hybridized carbons (Fsp3) is 0.591. The van der Waals surface area contributed by atoms with Gasteiger partial charge in [-0.2, -0.15) is 0 Å². The lowest BCUT2D eigenvalue weighted by molar-refractivity contribution is -0.137. The van der Waals surface area contributed by atoms with Gasteiger partial charge in [-0.25, -0.2) is 0 Å². The molecule has 0 aromatic rings. The van der Waals surface area contributed by atoms with E-state index in [2.05, 4.69) is 37.3 Å². The van der Waals surface area contributed by atoms with Crippen molar-refractivity contribution < 1.29 is 25.2 Å². The fourth-order valence-corrected chi connectivity index (χ4v) is 3.29. The SMILES string of the molecule is CC/C=C\C/C=C\C/C=C\C[C@@H]1[C@H](/C=C/[C@H](O)CCC(=O)O)[C@H](O)C[C@@H]1O. The van der Waals surface area contributed by atoms with E-state index in [1.54, 1.807) is 6.08 Å². The van der Waals surface area contributed by atoms with E-state index in [1.807, 2.05) is 6.08 Å². The molecule has 27 heavy (non-hydrogen) atoms. The van der Waals surface area contributed by atoms with Gasteiger partial charge >= 0.3 is 5.97 Å². The van der Waals surface area contributed by atoms with Crippen LogP contribution in [-0.2, 0) is 4.79 Å². The number of aliphatic carboxylic acids is 1. The predicted molar refractivity (Wildman–Crippen MR) is 107 cm³/mol. The number of carboxylic acids is 1. The summed E-state index contributed by atoms with van der Waals surface area (Å²) in [6, 6.07) is 0. The number of carbonyl (C=O) groups is 1. The van der Waals surface area contributed by atoms with Gasteiger partial charge in [-0.1, -0.05) is 55.5 Å². The maximum absolute atomic E-state index is 10.5. The van der Waals surface area contributed by atoms with Crippen molar-refractivity contribution in [1.29, 1.82) is 0 Å². The molecule has 1 aliphatic rings. The van der Waals surface area contributed by atoms with Crippen LogP contribution < -0.4 is 0 Å². The molecule has 0 heterocycles. The van der Waals surface area contributed by atoms with Crippen molar-refractivity contribution >= 4 is 5.97 Å². The molecule has 5 heteroatoms. The standard InChI is InChI=1S/C22H34O5/c1-2-3-4-5-6-7-8-9-10-11-18-19(21(25)16-20(18)24)14-12-17(23)13-15-22(26)27/h3-4,6-7,9-10,12,14,17-21,23-25H,2,5,8,11,13,15-16H2,1H3,(H,26,27)/b4-3-,7-6-,10-9-,14-12+/t17-,18+,19-,20-,21+/m0/s1. The Hall–Kier alpha value is -1.69. The minimum atomic E-state index is -0.947. The Morgan fingerprint density at radius 2 is 1.67 bits per heavy atom. The summed E-state index contributed by atoms with van der Waals surface area (Å²) >= 11 is 0. The Morgan fingerprint density at radius 3 is 2.30 bits per heavy atom. The Morgan fingerprint density at radius 1 is 1.04 bits per heavy atom. The van der Waals surface area contributed by atoms with Crippen molar-refractivity contribution in [2.24, 2.45) is 11.8 Å². The molecule has 0 amide bonds. The van der Waals surface area contributed by atoms with Crippen LogP contribution in [-0.4, -0.2) is 44.7 Å². The molecular weight excluding hydrogens is 344 g/mol. The van der Waals surface area contributed by atoms with Crippen LogP contribution in [0.4, 0.5) is 0 Å². The van der Waals surface area contributed by atoms with Gasteiger partial charge in [0, 0.05) is 18.8 Å². The van der Waals surface area contributed by atoms with Crippen molar-refractivity contribution in [3.63, 3.8) is 0 Å². The smallest absolute Gasteiger partial charge is 0.303 e. The van der Waals surface area contributed by atoms with Gasteiger partial charge in [0.05, 0.1) is 18.3 Å². The molecule has 0 aromatic carbocycles. The van der Waals surface area contributed by atoms with Gasteiger partial charge in [-0.3, -0.25) is 4.79 Å². The van der Waals surface area contributed by atoms with Crippen LogP contribution in [0, 0.1) is 11.8 Å². The monoisotopic (exact) mass is 378 g/mol. The highest BCUT2D eigenvalue weighted by Crippen LogP contribution is 2.36. The molecule has 0 radical (unpaired) electrons. The molecule has 0 aromatic heterocycles. The maximum atomic E-state index is 10.5. The predicted octanol–water partition coefficient (Wildman–Crippen LogP) is 3.38. The molecule has 5 nitrogen and oxygen atoms in total. The number of carboxylic acid groups (broad SMARTS) is 1. The van der Waals surface area contributed by atoms with E-state index in [0.717, 1.165) is 19.3 Å². The average Bonchev–Trinajstić information content (AvgIpc) is 2.89. The molecule has 0 unspecified atom stereocenters. The summed E-state index contributed by atoms with van der Waals surface area (Å²) in [4.78, 5) is 10.5. The summed E-state index contributed by atoms with van der Waals surface area (Å²) in [6.07, 6.45) is 17.6. The Balaban J connectivity index is 2.47. The Labute approximate surface area is 162 Å². The van der Waals surface area contributed by atoms with Crippen molar-refractivity contribution in [3.05, 3.63) is 48.6 Å². The van der Waals surface area contributed by atoms with Gasteiger partial charge < -0.3 is 20.4 Å². The molecule has 5 atom stereocenters. The minimum Gasteiger partial charge on any atom is -0.481 e. The zero-order chi connectivity index (χ0) is 20.1. The zero-order valence-electron chi connectivity index (χ0n) is 16.2. The second kappa shape index (κ2) is 13.5. The third-order valence-electron chi connectivity index (χ3n) is 4.81. The lowest BCUT2D eigenvalue weighted by atomic mass is 9.89. The summed E-state index contributed by atoms with van der Waals surface area (Å²) in [5.74, 6) is -1.29. The normalized spacial score (nSPS) is 27.6. The van der Waals surface area contributed by atoms with Crippen LogP contribution in [0.15, 0.2) is 48.6 Å². The van der Waals surface area contributed by atoms with E-state index < -0.39 is 24.3 Å². The molecule has 1 fully saturated rings. The zero-order valence-corrected chi connectivity index (χ0v) is 16.2. The number of hydrogen-bond donors (Lipinski definition) is 4. The molecule has 152 valence electrons. The largest absolute Gasteiger partial charge is 0.481 e. The van der Waals surface area contributed by atoms with E-state index in [4.69, 9.17) is 5.11 Å². The Kier molecular flexibility index (Phi) is 11.7. The number of aliphatic hydroxyl groups is 3. The highest BCUT2D eigenvalue weighted by molar-refractivity contribution is 5.66. The average molecular weight is 379 g/mol. The second-order valence-electron chi connectivity index (χ2n) is 7.03. The number of aliphatic hydroxyl groups excluding tert-OH is 3. The quantitative estimate of drug-likeness (QED) is 0.390. The van der Waals surface area contributed by atoms with Crippen LogP contribution >= 0.6 is 0 Å². The highest BCUT2D eigenvalue weighted by atomic mass is 16.4. The molecule has 0 bridgehead atoms. The molecule has 0 saturated heterocycles. The van der Waals surface area contributed by atoms with Crippen LogP contribution in [0.1, 0.15) is 51.9 Å². The molecule has 0 spiro atoms. The summed E-state index contributed by atoms with van der Waals surface area (Å²) in [6.45, 7) is 2.11. The van der Waals surface area contributed by atoms with E-state index in [-0.39, 0.29) is 24.7 Å². The molecular formula is C22H34O5. The number of rotatable bonds is 12. The van der Waals surface area contributed by atoms with E-state index >= 15 is 0 Å². The van der Waals surface area contributed by atoms with Gasteiger partial charge in [-0.15, -0.1) is 0 Å². The third-order valence-corrected chi connectivity index (χ3v) is 4.81. The number of hydrogen-bond acceptors (Lipinski definition) is 4. The lowest BCUT2D eigenvalue weighted by Crippen LogP contribution is -2.20. The molecule has 1 rings (SSSR count). The molecule has 0 aliphatic heterocycles. The first kappa shape index (κ1) is 23.3. The topological polar surface area (TPSA) is 98.0 Å². The molecule has 1 aliphatic carbocycles. The Bertz CT molecular complexity index is 535. The first-order valence-corrected chi connectivity index (χ1v) is 9.85. The van der Waals surface area contributed by atoms with Crippen molar-refractivity contribution in [2.45, 2.75) is 70.2 Å². The summed E-state index contributed by atoms with van der Waals surface area (Å²) in [5, 5.41) is 38.9. The third kappa shape index (κ3) is 9.70.